The van der Waals surface area contributed by atoms with Gasteiger partial charge in [-0.25, -0.2) is 4.98 Å². The molecule has 0 aliphatic carbocycles. The second-order valence-electron chi connectivity index (χ2n) is 6.71. The first-order valence-electron chi connectivity index (χ1n) is 8.90. The molecule has 2 unspecified atom stereocenters. The Bertz CT molecular complexity index is 945. The van der Waals surface area contributed by atoms with E-state index in [1.807, 2.05) is 6.92 Å². The highest BCUT2D eigenvalue weighted by Crippen LogP contribution is 2.20. The number of ether oxygens (including phenoxy) is 1. The molecule has 0 radical (unpaired) electrons. The third-order valence-electron chi connectivity index (χ3n) is 4.84. The van der Waals surface area contributed by atoms with E-state index in [4.69, 9.17) is 9.84 Å². The number of aromatic nitrogens is 2. The fraction of sp³-hybridized carbons (Fsp3) is 0.500. The van der Waals surface area contributed by atoms with Crippen LogP contribution in [0.15, 0.2) is 23.1 Å². The van der Waals surface area contributed by atoms with Crippen molar-refractivity contribution in [2.75, 3.05) is 6.61 Å². The number of carbonyl (C=O) groups is 1. The van der Waals surface area contributed by atoms with Crippen molar-refractivity contribution >= 4 is 16.9 Å². The predicted molar refractivity (Wildman–Crippen MR) is 97.6 cm³/mol. The summed E-state index contributed by atoms with van der Waals surface area (Å²) in [6, 6.07) is 1.87. The van der Waals surface area contributed by atoms with Gasteiger partial charge in [-0.15, -0.1) is 0 Å². The minimum atomic E-state index is -1.67. The molecule has 1 amide bonds. The van der Waals surface area contributed by atoms with E-state index in [9.17, 15) is 24.9 Å². The molecule has 1 aliphatic rings. The number of hydrogen-bond donors (Lipinski definition) is 5. The van der Waals surface area contributed by atoms with Crippen molar-refractivity contribution in [3.63, 3.8) is 0 Å². The number of rotatable bonds is 4. The number of aliphatic hydroxyl groups excluding tert-OH is 4. The van der Waals surface area contributed by atoms with Crippen LogP contribution in [0, 0.1) is 6.92 Å². The maximum atomic E-state index is 12.8. The van der Waals surface area contributed by atoms with Gasteiger partial charge in [0, 0.05) is 18.4 Å². The average Bonchev–Trinajstić information content (AvgIpc) is 2.68. The van der Waals surface area contributed by atoms with E-state index in [2.05, 4.69) is 10.3 Å². The lowest BCUT2D eigenvalue weighted by molar-refractivity contribution is -0.252. The van der Waals surface area contributed by atoms with Crippen LogP contribution in [0.4, 0.5) is 0 Å². The van der Waals surface area contributed by atoms with Gasteiger partial charge in [0.1, 0.15) is 35.6 Å². The summed E-state index contributed by atoms with van der Waals surface area (Å²) in [6.45, 7) is 3.47. The molecule has 0 spiro atoms. The molecule has 0 saturated carbocycles. The molecule has 5 N–H and O–H groups in total. The number of amides is 1. The molecule has 0 bridgehead atoms. The van der Waals surface area contributed by atoms with E-state index in [0.29, 0.717) is 12.2 Å². The molecule has 1 fully saturated rings. The Balaban J connectivity index is 1.95. The van der Waals surface area contributed by atoms with Crippen molar-refractivity contribution in [1.29, 1.82) is 0 Å². The highest BCUT2D eigenvalue weighted by Gasteiger charge is 2.44. The van der Waals surface area contributed by atoms with Crippen molar-refractivity contribution in [2.45, 2.75) is 51.0 Å². The van der Waals surface area contributed by atoms with Crippen LogP contribution in [0.3, 0.4) is 0 Å². The lowest BCUT2D eigenvalue weighted by atomic mass is 9.97. The molecule has 1 aliphatic heterocycles. The number of aliphatic hydroxyl groups is 4. The minimum absolute atomic E-state index is 0.196. The number of pyridine rings is 2. The third kappa shape index (κ3) is 3.52. The zero-order valence-electron chi connectivity index (χ0n) is 15.4. The summed E-state index contributed by atoms with van der Waals surface area (Å²) in [5, 5.41) is 41.8. The van der Waals surface area contributed by atoms with E-state index < -0.39 is 48.6 Å². The van der Waals surface area contributed by atoms with Crippen LogP contribution in [0.1, 0.15) is 23.0 Å². The number of aryl methyl sites for hydroxylation is 2. The molecular weight excluding hydrogens is 370 g/mol. The van der Waals surface area contributed by atoms with Crippen molar-refractivity contribution in [2.24, 2.45) is 0 Å². The number of nitrogens with zero attached hydrogens (tertiary/aromatic N) is 2. The van der Waals surface area contributed by atoms with Crippen molar-refractivity contribution in [1.82, 2.24) is 14.9 Å². The van der Waals surface area contributed by atoms with Crippen LogP contribution in [-0.4, -0.2) is 73.1 Å². The molecule has 3 rings (SSSR count). The lowest BCUT2D eigenvalue weighted by Crippen LogP contribution is -2.64. The van der Waals surface area contributed by atoms with Gasteiger partial charge in [0.2, 0.25) is 5.43 Å². The summed E-state index contributed by atoms with van der Waals surface area (Å²) in [4.78, 5) is 29.8. The Morgan fingerprint density at radius 2 is 2.00 bits per heavy atom. The standard InChI is InChI=1S/C18H23N3O7/c1-3-21-6-10(13(23)9-5-4-8(2)19-16(9)21)17(26)20-12-15(25)14(24)11(7-22)28-18(12)27/h4-6,11-12,14-15,18,22,24-25,27H,3,7H2,1-2H3,(H,20,26)/t11?,12-,14-,15?,18+/m0/s1. The first-order chi connectivity index (χ1) is 13.3. The Kier molecular flexibility index (Phi) is 5.77. The van der Waals surface area contributed by atoms with Crippen LogP contribution in [0.25, 0.3) is 11.0 Å². The molecular formula is C18H23N3O7. The van der Waals surface area contributed by atoms with Gasteiger partial charge in [0.05, 0.1) is 12.0 Å². The molecule has 0 aromatic carbocycles. The summed E-state index contributed by atoms with van der Waals surface area (Å²) in [6.07, 6.45) is -4.61. The fourth-order valence-electron chi connectivity index (χ4n) is 3.24. The number of hydrogen-bond acceptors (Lipinski definition) is 8. The topological polar surface area (TPSA) is 154 Å². The van der Waals surface area contributed by atoms with Gasteiger partial charge in [-0.2, -0.15) is 0 Å². The van der Waals surface area contributed by atoms with E-state index in [0.717, 1.165) is 5.69 Å². The molecule has 2 aromatic heterocycles. The zero-order valence-corrected chi connectivity index (χ0v) is 15.4. The smallest absolute Gasteiger partial charge is 0.257 e. The molecule has 10 nitrogen and oxygen atoms in total. The average molecular weight is 393 g/mol. The van der Waals surface area contributed by atoms with Gasteiger partial charge in [-0.3, -0.25) is 9.59 Å². The third-order valence-corrected chi connectivity index (χ3v) is 4.84. The molecule has 3 heterocycles. The zero-order chi connectivity index (χ0) is 20.6. The monoisotopic (exact) mass is 393 g/mol. The first kappa shape index (κ1) is 20.4. The SMILES string of the molecule is CCn1cc(C(=O)N[C@H]2C(O)[C@@H](O)C(CO)O[C@H]2O)c(=O)c2ccc(C)nc21. The molecule has 2 aromatic rings. The van der Waals surface area contributed by atoms with E-state index >= 15 is 0 Å². The Morgan fingerprint density at radius 3 is 2.64 bits per heavy atom. The van der Waals surface area contributed by atoms with Gasteiger partial charge in [-0.1, -0.05) is 0 Å². The lowest BCUT2D eigenvalue weighted by Gasteiger charge is -2.40. The molecule has 10 heteroatoms. The number of nitrogens with one attached hydrogen (secondary N) is 1. The van der Waals surface area contributed by atoms with Crippen LogP contribution in [-0.2, 0) is 11.3 Å². The van der Waals surface area contributed by atoms with Gasteiger partial charge in [0.25, 0.3) is 5.91 Å². The van der Waals surface area contributed by atoms with Gasteiger partial charge in [-0.05, 0) is 26.0 Å². The summed E-state index contributed by atoms with van der Waals surface area (Å²) in [7, 11) is 0. The highest BCUT2D eigenvalue weighted by molar-refractivity contribution is 5.97. The molecule has 5 atom stereocenters. The van der Waals surface area contributed by atoms with Crippen LogP contribution < -0.4 is 10.7 Å². The second kappa shape index (κ2) is 7.94. The van der Waals surface area contributed by atoms with E-state index in [-0.39, 0.29) is 10.9 Å². The largest absolute Gasteiger partial charge is 0.394 e. The van der Waals surface area contributed by atoms with E-state index in [1.54, 1.807) is 23.6 Å². The number of carbonyl (C=O) groups excluding carboxylic acids is 1. The molecule has 1 saturated heterocycles. The summed E-state index contributed by atoms with van der Waals surface area (Å²) >= 11 is 0. The summed E-state index contributed by atoms with van der Waals surface area (Å²) in [5.74, 6) is -0.837. The quantitative estimate of drug-likeness (QED) is 0.410. The van der Waals surface area contributed by atoms with Crippen molar-refractivity contribution < 1.29 is 30.0 Å². The summed E-state index contributed by atoms with van der Waals surface area (Å²) < 4.78 is 6.67. The number of fused-ring (bicyclic) bond motifs is 1. The Labute approximate surface area is 160 Å². The van der Waals surface area contributed by atoms with E-state index in [1.165, 1.54) is 6.20 Å². The van der Waals surface area contributed by atoms with Gasteiger partial charge < -0.3 is 35.0 Å². The van der Waals surface area contributed by atoms with Crippen molar-refractivity contribution in [3.05, 3.63) is 39.8 Å². The predicted octanol–water partition coefficient (Wildman–Crippen LogP) is -1.75. The molecule has 28 heavy (non-hydrogen) atoms. The van der Waals surface area contributed by atoms with Crippen molar-refractivity contribution in [3.8, 4) is 0 Å². The van der Waals surface area contributed by atoms with Gasteiger partial charge in [0.15, 0.2) is 6.29 Å². The Morgan fingerprint density at radius 1 is 1.29 bits per heavy atom. The van der Waals surface area contributed by atoms with Crippen LogP contribution >= 0.6 is 0 Å². The Hall–Kier alpha value is -2.37. The second-order valence-corrected chi connectivity index (χ2v) is 6.71. The normalized spacial score (nSPS) is 27.7. The van der Waals surface area contributed by atoms with Gasteiger partial charge >= 0.3 is 0 Å². The minimum Gasteiger partial charge on any atom is -0.394 e. The van der Waals surface area contributed by atoms with Crippen LogP contribution in [0.2, 0.25) is 0 Å². The maximum absolute atomic E-state index is 12.8. The molecule has 152 valence electrons. The maximum Gasteiger partial charge on any atom is 0.257 e. The van der Waals surface area contributed by atoms with Crippen LogP contribution in [0.5, 0.6) is 0 Å². The fourth-order valence-corrected chi connectivity index (χ4v) is 3.24. The first-order valence-corrected chi connectivity index (χ1v) is 8.90. The summed E-state index contributed by atoms with van der Waals surface area (Å²) in [5.41, 5.74) is 0.438. The highest BCUT2D eigenvalue weighted by atomic mass is 16.6.